The molecule has 1 aliphatic rings. The Kier molecular flexibility index (Phi) is 3.58. The molecular weight excluding hydrogens is 308 g/mol. The molecule has 0 bridgehead atoms. The number of carboxylic acids is 1. The van der Waals surface area contributed by atoms with E-state index in [2.05, 4.69) is 0 Å². The fourth-order valence-electron chi connectivity index (χ4n) is 2.57. The van der Waals surface area contributed by atoms with Crippen molar-refractivity contribution >= 4 is 16.9 Å². The van der Waals surface area contributed by atoms with Crippen LogP contribution in [0.4, 0.5) is 8.78 Å². The Bertz CT molecular complexity index is 869. The second-order valence-electron chi connectivity index (χ2n) is 5.88. The van der Waals surface area contributed by atoms with Gasteiger partial charge in [0.15, 0.2) is 11.6 Å². The lowest BCUT2D eigenvalue weighted by atomic mass is 10.1. The molecule has 0 saturated heterocycles. The molecule has 122 valence electrons. The van der Waals surface area contributed by atoms with E-state index in [-0.39, 0.29) is 22.7 Å². The Morgan fingerprint density at radius 1 is 1.39 bits per heavy atom. The quantitative estimate of drug-likeness (QED) is 0.939. The van der Waals surface area contributed by atoms with Crippen molar-refractivity contribution in [3.63, 3.8) is 0 Å². The summed E-state index contributed by atoms with van der Waals surface area (Å²) < 4.78 is 35.0. The Hall–Kier alpha value is -2.44. The lowest BCUT2D eigenvalue weighted by Gasteiger charge is -2.18. The third-order valence-corrected chi connectivity index (χ3v) is 3.69. The molecule has 1 fully saturated rings. The van der Waals surface area contributed by atoms with E-state index in [0.717, 1.165) is 18.9 Å². The highest BCUT2D eigenvalue weighted by Gasteiger charge is 2.30. The van der Waals surface area contributed by atoms with Crippen molar-refractivity contribution in [1.29, 1.82) is 0 Å². The SMILES string of the molecule is CC(C)Oc1c(F)c(F)cc2c(=O)c(C(=O)O)cn(C3CC3)c12. The van der Waals surface area contributed by atoms with E-state index in [1.54, 1.807) is 13.8 Å². The first-order valence-corrected chi connectivity index (χ1v) is 7.28. The molecule has 0 radical (unpaired) electrons. The van der Waals surface area contributed by atoms with Gasteiger partial charge in [-0.05, 0) is 32.8 Å². The molecule has 1 aromatic carbocycles. The van der Waals surface area contributed by atoms with Gasteiger partial charge in [0.05, 0.1) is 17.0 Å². The minimum atomic E-state index is -1.40. The van der Waals surface area contributed by atoms with Crippen LogP contribution in [-0.4, -0.2) is 21.7 Å². The van der Waals surface area contributed by atoms with Gasteiger partial charge in [-0.25, -0.2) is 9.18 Å². The van der Waals surface area contributed by atoms with E-state index in [9.17, 15) is 23.5 Å². The van der Waals surface area contributed by atoms with E-state index < -0.39 is 34.7 Å². The van der Waals surface area contributed by atoms with Gasteiger partial charge in [-0.2, -0.15) is 4.39 Å². The highest BCUT2D eigenvalue weighted by atomic mass is 19.2. The normalized spacial score (nSPS) is 14.5. The molecule has 1 heterocycles. The van der Waals surface area contributed by atoms with Gasteiger partial charge in [-0.3, -0.25) is 4.79 Å². The molecule has 3 rings (SSSR count). The summed E-state index contributed by atoms with van der Waals surface area (Å²) in [5, 5.41) is 8.99. The smallest absolute Gasteiger partial charge is 0.341 e. The number of fused-ring (bicyclic) bond motifs is 1. The first-order chi connectivity index (χ1) is 10.8. The van der Waals surface area contributed by atoms with E-state index in [1.807, 2.05) is 0 Å². The Balaban J connectivity index is 2.46. The average molecular weight is 323 g/mol. The number of aromatic nitrogens is 1. The number of benzene rings is 1. The molecule has 0 unspecified atom stereocenters. The molecule has 23 heavy (non-hydrogen) atoms. The largest absolute Gasteiger partial charge is 0.486 e. The van der Waals surface area contributed by atoms with Gasteiger partial charge < -0.3 is 14.4 Å². The molecule has 1 aromatic heterocycles. The minimum absolute atomic E-state index is 0.0458. The van der Waals surface area contributed by atoms with Gasteiger partial charge in [0.2, 0.25) is 11.2 Å². The highest BCUT2D eigenvalue weighted by molar-refractivity contribution is 5.94. The van der Waals surface area contributed by atoms with Crippen molar-refractivity contribution in [1.82, 2.24) is 4.57 Å². The van der Waals surface area contributed by atoms with E-state index >= 15 is 0 Å². The number of nitrogens with zero attached hydrogens (tertiary/aromatic N) is 1. The van der Waals surface area contributed by atoms with Crippen LogP contribution in [0.3, 0.4) is 0 Å². The van der Waals surface area contributed by atoms with Gasteiger partial charge in [0, 0.05) is 12.2 Å². The standard InChI is InChI=1S/C16H15F2NO4/c1-7(2)23-15-12(18)11(17)5-9-13(15)19(8-3-4-8)6-10(14(9)20)16(21)22/h5-8H,3-4H2,1-2H3,(H,21,22). The molecule has 0 spiro atoms. The molecular formula is C16H15F2NO4. The Labute approximate surface area is 130 Å². The fourth-order valence-corrected chi connectivity index (χ4v) is 2.57. The predicted octanol–water partition coefficient (Wildman–Crippen LogP) is 3.10. The summed E-state index contributed by atoms with van der Waals surface area (Å²) in [4.78, 5) is 23.6. The molecule has 5 nitrogen and oxygen atoms in total. The first kappa shape index (κ1) is 15.5. The molecule has 1 saturated carbocycles. The number of carboxylic acid groups (broad SMARTS) is 1. The summed E-state index contributed by atoms with van der Waals surface area (Å²) in [6.07, 6.45) is 2.31. The number of halogens is 2. The molecule has 7 heteroatoms. The van der Waals surface area contributed by atoms with Crippen LogP contribution in [-0.2, 0) is 0 Å². The number of ether oxygens (including phenoxy) is 1. The van der Waals surface area contributed by atoms with Crippen LogP contribution in [0.1, 0.15) is 43.1 Å². The van der Waals surface area contributed by atoms with Crippen LogP contribution in [0.15, 0.2) is 17.1 Å². The van der Waals surface area contributed by atoms with E-state index in [0.29, 0.717) is 0 Å². The summed E-state index contributed by atoms with van der Waals surface area (Å²) in [5.74, 6) is -4.17. The Morgan fingerprint density at radius 2 is 2.04 bits per heavy atom. The third kappa shape index (κ3) is 2.56. The fraction of sp³-hybridized carbons (Fsp3) is 0.375. The van der Waals surface area contributed by atoms with Crippen molar-refractivity contribution in [2.75, 3.05) is 0 Å². The van der Waals surface area contributed by atoms with Gasteiger partial charge in [0.25, 0.3) is 0 Å². The molecule has 2 aromatic rings. The van der Waals surface area contributed by atoms with Crippen LogP contribution in [0.25, 0.3) is 10.9 Å². The van der Waals surface area contributed by atoms with Gasteiger partial charge in [-0.1, -0.05) is 0 Å². The molecule has 0 amide bonds. The topological polar surface area (TPSA) is 68.5 Å². The average Bonchev–Trinajstić information content (AvgIpc) is 3.28. The van der Waals surface area contributed by atoms with Gasteiger partial charge in [-0.15, -0.1) is 0 Å². The minimum Gasteiger partial charge on any atom is -0.486 e. The van der Waals surface area contributed by atoms with Gasteiger partial charge in [0.1, 0.15) is 5.56 Å². The molecule has 1 aliphatic carbocycles. The monoisotopic (exact) mass is 323 g/mol. The van der Waals surface area contributed by atoms with Crippen molar-refractivity contribution in [3.05, 3.63) is 39.7 Å². The van der Waals surface area contributed by atoms with Crippen LogP contribution < -0.4 is 10.2 Å². The van der Waals surface area contributed by atoms with Crippen molar-refractivity contribution < 1.29 is 23.4 Å². The highest BCUT2D eigenvalue weighted by Crippen LogP contribution is 2.40. The summed E-state index contributed by atoms with van der Waals surface area (Å²) in [5.41, 5.74) is -1.21. The predicted molar refractivity (Wildman–Crippen MR) is 79.1 cm³/mol. The molecule has 1 N–H and O–H groups in total. The zero-order chi connectivity index (χ0) is 16.9. The summed E-state index contributed by atoms with van der Waals surface area (Å²) >= 11 is 0. The zero-order valence-electron chi connectivity index (χ0n) is 12.6. The lowest BCUT2D eigenvalue weighted by molar-refractivity contribution is 0.0694. The van der Waals surface area contributed by atoms with Crippen LogP contribution in [0.2, 0.25) is 0 Å². The maximum atomic E-state index is 14.2. The number of pyridine rings is 1. The maximum absolute atomic E-state index is 14.2. The van der Waals surface area contributed by atoms with Crippen LogP contribution in [0, 0.1) is 11.6 Å². The molecule has 0 atom stereocenters. The summed E-state index contributed by atoms with van der Waals surface area (Å²) in [6.45, 7) is 3.31. The second kappa shape index (κ2) is 5.33. The number of carbonyl (C=O) groups is 1. The Morgan fingerprint density at radius 3 is 2.57 bits per heavy atom. The summed E-state index contributed by atoms with van der Waals surface area (Å²) in [7, 11) is 0. The van der Waals surface area contributed by atoms with Crippen LogP contribution in [0.5, 0.6) is 5.75 Å². The summed E-state index contributed by atoms with van der Waals surface area (Å²) in [6, 6.07) is 0.696. The number of hydrogen-bond donors (Lipinski definition) is 1. The number of hydrogen-bond acceptors (Lipinski definition) is 3. The van der Waals surface area contributed by atoms with Crippen molar-refractivity contribution in [3.8, 4) is 5.75 Å². The van der Waals surface area contributed by atoms with Crippen molar-refractivity contribution in [2.45, 2.75) is 38.8 Å². The van der Waals surface area contributed by atoms with Gasteiger partial charge >= 0.3 is 5.97 Å². The van der Waals surface area contributed by atoms with Crippen molar-refractivity contribution in [2.24, 2.45) is 0 Å². The van der Waals surface area contributed by atoms with E-state index in [1.165, 1.54) is 10.8 Å². The number of rotatable bonds is 4. The number of aromatic carboxylic acids is 1. The van der Waals surface area contributed by atoms with Crippen LogP contribution >= 0.6 is 0 Å². The second-order valence-corrected chi connectivity index (χ2v) is 5.88. The molecule has 0 aliphatic heterocycles. The lowest BCUT2D eigenvalue weighted by Crippen LogP contribution is -2.20. The maximum Gasteiger partial charge on any atom is 0.341 e. The first-order valence-electron chi connectivity index (χ1n) is 7.28. The zero-order valence-corrected chi connectivity index (χ0v) is 12.6. The third-order valence-electron chi connectivity index (χ3n) is 3.69. The van der Waals surface area contributed by atoms with E-state index in [4.69, 9.17) is 4.74 Å².